The maximum atomic E-state index is 13.4. The first-order chi connectivity index (χ1) is 11.6. The molecule has 3 aromatic rings. The largest absolute Gasteiger partial charge is 0.323 e. The lowest BCUT2D eigenvalue weighted by molar-refractivity contribution is 0.629. The Morgan fingerprint density at radius 1 is 1.17 bits per heavy atom. The summed E-state index contributed by atoms with van der Waals surface area (Å²) < 4.78 is 13.4. The minimum Gasteiger partial charge on any atom is -0.323 e. The summed E-state index contributed by atoms with van der Waals surface area (Å²) in [4.78, 5) is 19.2. The molecule has 0 saturated heterocycles. The third-order valence-electron chi connectivity index (χ3n) is 3.59. The predicted octanol–water partition coefficient (Wildman–Crippen LogP) is 3.04. The molecule has 1 aromatic heterocycles. The van der Waals surface area contributed by atoms with Gasteiger partial charge in [-0.1, -0.05) is 17.7 Å². The highest BCUT2D eigenvalue weighted by atomic mass is 19.1. The highest BCUT2D eigenvalue weighted by molar-refractivity contribution is 6.38. The van der Waals surface area contributed by atoms with Crippen molar-refractivity contribution in [2.45, 2.75) is 6.92 Å². The highest BCUT2D eigenvalue weighted by Gasteiger charge is 2.09. The molecule has 0 fully saturated rings. The van der Waals surface area contributed by atoms with Gasteiger partial charge in [0.25, 0.3) is 5.56 Å². The fourth-order valence-corrected chi connectivity index (χ4v) is 2.31. The summed E-state index contributed by atoms with van der Waals surface area (Å²) >= 11 is 0. The molecule has 0 radical (unpaired) electrons. The number of aromatic nitrogens is 1. The van der Waals surface area contributed by atoms with E-state index in [1.165, 1.54) is 24.4 Å². The molecule has 0 saturated carbocycles. The van der Waals surface area contributed by atoms with Gasteiger partial charge in [0.15, 0.2) is 0 Å². The number of nitrogens with two attached hydrogens (primary N) is 1. The van der Waals surface area contributed by atoms with E-state index in [1.807, 2.05) is 31.2 Å². The van der Waals surface area contributed by atoms with Crippen molar-refractivity contribution in [3.63, 3.8) is 0 Å². The fourth-order valence-electron chi connectivity index (χ4n) is 2.31. The summed E-state index contributed by atoms with van der Waals surface area (Å²) in [6, 6.07) is 13.2. The second-order valence-electron chi connectivity index (χ2n) is 5.35. The molecule has 24 heavy (non-hydrogen) atoms. The van der Waals surface area contributed by atoms with Crippen LogP contribution in [-0.4, -0.2) is 16.9 Å². The Bertz CT molecular complexity index is 1000. The minimum atomic E-state index is -0.389. The summed E-state index contributed by atoms with van der Waals surface area (Å²) in [6.07, 6.45) is 1.42. The van der Waals surface area contributed by atoms with Crippen molar-refractivity contribution in [2.75, 3.05) is 0 Å². The molecule has 120 valence electrons. The first-order valence-electron chi connectivity index (χ1n) is 7.28. The maximum absolute atomic E-state index is 13.4. The molecule has 1 heterocycles. The molecular formula is C18H15FN4O. The summed E-state index contributed by atoms with van der Waals surface area (Å²) in [6.45, 7) is 1.98. The number of benzene rings is 2. The molecule has 6 heteroatoms. The second kappa shape index (κ2) is 6.45. The summed E-state index contributed by atoms with van der Waals surface area (Å²) in [7, 11) is 0. The zero-order valence-electron chi connectivity index (χ0n) is 13.0. The minimum absolute atomic E-state index is 0.211. The molecule has 2 aromatic carbocycles. The van der Waals surface area contributed by atoms with E-state index >= 15 is 0 Å². The quantitative estimate of drug-likeness (QED) is 0.441. The number of pyridine rings is 1. The van der Waals surface area contributed by atoms with Crippen LogP contribution in [-0.2, 0) is 0 Å². The van der Waals surface area contributed by atoms with Gasteiger partial charge < -0.3 is 10.8 Å². The Kier molecular flexibility index (Phi) is 4.20. The third-order valence-corrected chi connectivity index (χ3v) is 3.59. The van der Waals surface area contributed by atoms with E-state index in [0.717, 1.165) is 5.56 Å². The summed E-state index contributed by atoms with van der Waals surface area (Å²) in [5.41, 5.74) is 2.44. The smallest absolute Gasteiger partial charge is 0.258 e. The second-order valence-corrected chi connectivity index (χ2v) is 5.35. The lowest BCUT2D eigenvalue weighted by atomic mass is 10.1. The zero-order valence-corrected chi connectivity index (χ0v) is 13.0. The molecule has 3 rings (SSSR count). The number of hydrogen-bond acceptors (Lipinski definition) is 4. The van der Waals surface area contributed by atoms with Gasteiger partial charge in [-0.2, -0.15) is 5.10 Å². The lowest BCUT2D eigenvalue weighted by Crippen LogP contribution is -2.20. The molecule has 0 bridgehead atoms. The standard InChI is InChI=1S/C18H15FN4O/c1-11-2-5-14(6-3-11)21-10-17(23-20)15-9-12-8-13(19)4-7-16(12)22-18(15)24/h2-10H,20H2,1H3,(H,22,24). The molecule has 3 N–H and O–H groups in total. The number of hydrazone groups is 1. The number of aromatic amines is 1. The number of nitrogens with zero attached hydrogens (tertiary/aromatic N) is 2. The molecule has 0 atom stereocenters. The Hall–Kier alpha value is -3.28. The van der Waals surface area contributed by atoms with Crippen molar-refractivity contribution >= 4 is 28.5 Å². The van der Waals surface area contributed by atoms with Crippen LogP contribution < -0.4 is 11.4 Å². The first kappa shape index (κ1) is 15.6. The molecular weight excluding hydrogens is 307 g/mol. The Morgan fingerprint density at radius 2 is 1.92 bits per heavy atom. The maximum Gasteiger partial charge on any atom is 0.258 e. The summed E-state index contributed by atoms with van der Waals surface area (Å²) in [5, 5.41) is 4.19. The van der Waals surface area contributed by atoms with Crippen LogP contribution in [0.25, 0.3) is 10.9 Å². The van der Waals surface area contributed by atoms with Gasteiger partial charge in [0.1, 0.15) is 11.5 Å². The van der Waals surface area contributed by atoms with Gasteiger partial charge >= 0.3 is 0 Å². The first-order valence-corrected chi connectivity index (χ1v) is 7.28. The zero-order chi connectivity index (χ0) is 17.1. The average Bonchev–Trinajstić information content (AvgIpc) is 2.57. The van der Waals surface area contributed by atoms with Crippen molar-refractivity contribution in [3.8, 4) is 0 Å². The van der Waals surface area contributed by atoms with Crippen molar-refractivity contribution in [1.82, 2.24) is 4.98 Å². The van der Waals surface area contributed by atoms with Crippen molar-refractivity contribution in [1.29, 1.82) is 0 Å². The van der Waals surface area contributed by atoms with Gasteiger partial charge in [0.2, 0.25) is 0 Å². The monoisotopic (exact) mass is 322 g/mol. The van der Waals surface area contributed by atoms with Crippen LogP contribution in [0.2, 0.25) is 0 Å². The van der Waals surface area contributed by atoms with E-state index in [9.17, 15) is 9.18 Å². The average molecular weight is 322 g/mol. The topological polar surface area (TPSA) is 83.6 Å². The number of nitrogens with one attached hydrogen (secondary N) is 1. The number of halogens is 1. The van der Waals surface area contributed by atoms with Crippen LogP contribution in [0.3, 0.4) is 0 Å². The van der Waals surface area contributed by atoms with Gasteiger partial charge in [-0.25, -0.2) is 4.39 Å². The van der Waals surface area contributed by atoms with Gasteiger partial charge in [-0.05, 0) is 43.3 Å². The van der Waals surface area contributed by atoms with Crippen LogP contribution in [0.5, 0.6) is 0 Å². The highest BCUT2D eigenvalue weighted by Crippen LogP contribution is 2.14. The van der Waals surface area contributed by atoms with Gasteiger partial charge in [0.05, 0.1) is 17.5 Å². The molecule has 0 amide bonds. The van der Waals surface area contributed by atoms with E-state index in [-0.39, 0.29) is 22.7 Å². The van der Waals surface area contributed by atoms with E-state index in [1.54, 1.807) is 6.07 Å². The van der Waals surface area contributed by atoms with Crippen LogP contribution in [0.15, 0.2) is 63.4 Å². The van der Waals surface area contributed by atoms with Gasteiger partial charge in [0, 0.05) is 10.9 Å². The van der Waals surface area contributed by atoms with Crippen molar-refractivity contribution < 1.29 is 4.39 Å². The van der Waals surface area contributed by atoms with Crippen LogP contribution in [0, 0.1) is 12.7 Å². The SMILES string of the molecule is Cc1ccc(N=CC(=NN)c2cc3cc(F)ccc3[nH]c2=O)cc1. The molecule has 0 aliphatic rings. The van der Waals surface area contributed by atoms with E-state index in [0.29, 0.717) is 16.6 Å². The van der Waals surface area contributed by atoms with Gasteiger partial charge in [-0.15, -0.1) is 0 Å². The number of hydrogen-bond donors (Lipinski definition) is 2. The van der Waals surface area contributed by atoms with E-state index in [2.05, 4.69) is 15.1 Å². The molecule has 0 spiro atoms. The number of aliphatic imine (C=N–C) groups is 1. The molecule has 0 aliphatic carbocycles. The number of H-pyrrole nitrogens is 1. The van der Waals surface area contributed by atoms with Crippen LogP contribution in [0.1, 0.15) is 11.1 Å². The lowest BCUT2D eigenvalue weighted by Gasteiger charge is -2.03. The molecule has 0 unspecified atom stereocenters. The number of fused-ring (bicyclic) bond motifs is 1. The number of rotatable bonds is 3. The molecule has 0 aliphatic heterocycles. The Labute approximate surface area is 137 Å². The normalized spacial score (nSPS) is 12.2. The predicted molar refractivity (Wildman–Crippen MR) is 94.6 cm³/mol. The van der Waals surface area contributed by atoms with E-state index in [4.69, 9.17) is 5.84 Å². The van der Waals surface area contributed by atoms with E-state index < -0.39 is 0 Å². The fraction of sp³-hybridized carbons (Fsp3) is 0.0556. The van der Waals surface area contributed by atoms with Crippen LogP contribution >= 0.6 is 0 Å². The van der Waals surface area contributed by atoms with Crippen molar-refractivity contribution in [3.05, 3.63) is 75.8 Å². The number of aryl methyl sites for hydroxylation is 1. The third kappa shape index (κ3) is 3.22. The summed E-state index contributed by atoms with van der Waals surface area (Å²) in [5.74, 6) is 5.02. The van der Waals surface area contributed by atoms with Crippen LogP contribution in [0.4, 0.5) is 10.1 Å². The van der Waals surface area contributed by atoms with Crippen molar-refractivity contribution in [2.24, 2.45) is 15.9 Å². The Morgan fingerprint density at radius 3 is 2.62 bits per heavy atom. The Balaban J connectivity index is 2.01. The molecule has 5 nitrogen and oxygen atoms in total. The van der Waals surface area contributed by atoms with Gasteiger partial charge in [-0.3, -0.25) is 9.79 Å².